The van der Waals surface area contributed by atoms with Gasteiger partial charge in [0.25, 0.3) is 0 Å². The van der Waals surface area contributed by atoms with Gasteiger partial charge >= 0.3 is 0 Å². The van der Waals surface area contributed by atoms with E-state index in [2.05, 4.69) is 18.3 Å². The fourth-order valence-corrected chi connectivity index (χ4v) is 3.16. The molecule has 0 fully saturated rings. The van der Waals surface area contributed by atoms with Crippen molar-refractivity contribution in [3.63, 3.8) is 0 Å². The molecule has 0 spiro atoms. The summed E-state index contributed by atoms with van der Waals surface area (Å²) in [5.74, 6) is 1.12. The minimum Gasteiger partial charge on any atom is -0.487 e. The van der Waals surface area contributed by atoms with Gasteiger partial charge < -0.3 is 10.1 Å². The molecule has 0 saturated carbocycles. The lowest BCUT2D eigenvalue weighted by molar-refractivity contribution is -0.114. The topological polar surface area (TPSA) is 38.3 Å². The Hall–Kier alpha value is -1.77. The Morgan fingerprint density at radius 1 is 1.33 bits per heavy atom. The highest BCUT2D eigenvalue weighted by Gasteiger charge is 2.44. The average Bonchev–Trinajstić information content (AvgIpc) is 2.69. The number of hydrogen-bond acceptors (Lipinski definition) is 3. The second-order valence-electron chi connectivity index (χ2n) is 5.13. The van der Waals surface area contributed by atoms with Gasteiger partial charge in [-0.1, -0.05) is 18.2 Å². The van der Waals surface area contributed by atoms with Gasteiger partial charge in [0.2, 0.25) is 0 Å². The Bertz CT molecular complexity index is 547. The number of para-hydroxylation sites is 1. The number of hydrogen-bond donors (Lipinski definition) is 1. The van der Waals surface area contributed by atoms with Gasteiger partial charge in [-0.05, 0) is 26.8 Å². The number of ketones is 1. The van der Waals surface area contributed by atoms with E-state index in [0.717, 1.165) is 22.6 Å². The van der Waals surface area contributed by atoms with E-state index >= 15 is 0 Å². The summed E-state index contributed by atoms with van der Waals surface area (Å²) < 4.78 is 6.00. The molecule has 1 N–H and O–H groups in total. The van der Waals surface area contributed by atoms with Crippen LogP contribution >= 0.6 is 0 Å². The molecule has 0 bridgehead atoms. The summed E-state index contributed by atoms with van der Waals surface area (Å²) in [6.45, 7) is 5.71. The number of carbonyl (C=O) groups is 1. The number of carbonyl (C=O) groups excluding carboxylic acids is 1. The van der Waals surface area contributed by atoms with Crippen molar-refractivity contribution in [2.75, 3.05) is 0 Å². The van der Waals surface area contributed by atoms with Gasteiger partial charge in [-0.25, -0.2) is 0 Å². The summed E-state index contributed by atoms with van der Waals surface area (Å²) in [5, 5.41) is 3.35. The fourth-order valence-electron chi connectivity index (χ4n) is 3.16. The molecular formula is C15H17NO2. The second kappa shape index (κ2) is 3.87. The third-order valence-electron chi connectivity index (χ3n) is 3.88. The SMILES string of the molecule is CC(=O)C1=C(C)N[C@H](C)[C@H]2Oc3ccccc3[C@H]12. The van der Waals surface area contributed by atoms with Crippen LogP contribution in [0.5, 0.6) is 5.75 Å². The Balaban J connectivity index is 2.17. The van der Waals surface area contributed by atoms with Gasteiger partial charge in [-0.2, -0.15) is 0 Å². The number of benzene rings is 1. The Labute approximate surface area is 107 Å². The molecule has 0 aromatic heterocycles. The van der Waals surface area contributed by atoms with E-state index in [4.69, 9.17) is 4.74 Å². The number of rotatable bonds is 1. The maximum atomic E-state index is 11.9. The van der Waals surface area contributed by atoms with Crippen LogP contribution in [0.1, 0.15) is 32.3 Å². The number of nitrogens with one attached hydrogen (secondary N) is 1. The van der Waals surface area contributed by atoms with Crippen molar-refractivity contribution in [3.8, 4) is 5.75 Å². The van der Waals surface area contributed by atoms with Crippen LogP contribution in [-0.4, -0.2) is 17.9 Å². The zero-order valence-electron chi connectivity index (χ0n) is 10.9. The van der Waals surface area contributed by atoms with Gasteiger partial charge in [0.15, 0.2) is 5.78 Å². The lowest BCUT2D eigenvalue weighted by atomic mass is 9.80. The monoisotopic (exact) mass is 243 g/mol. The molecule has 1 aromatic rings. The first-order chi connectivity index (χ1) is 8.59. The van der Waals surface area contributed by atoms with Crippen molar-refractivity contribution in [1.82, 2.24) is 5.32 Å². The zero-order chi connectivity index (χ0) is 12.9. The van der Waals surface area contributed by atoms with Crippen LogP contribution in [0, 0.1) is 0 Å². The van der Waals surface area contributed by atoms with Gasteiger partial charge in [0, 0.05) is 16.8 Å². The smallest absolute Gasteiger partial charge is 0.158 e. The maximum Gasteiger partial charge on any atom is 0.158 e. The largest absolute Gasteiger partial charge is 0.487 e. The lowest BCUT2D eigenvalue weighted by Crippen LogP contribution is -2.47. The number of fused-ring (bicyclic) bond motifs is 3. The first-order valence-corrected chi connectivity index (χ1v) is 6.33. The summed E-state index contributed by atoms with van der Waals surface area (Å²) in [6, 6.07) is 8.23. The van der Waals surface area contributed by atoms with Crippen molar-refractivity contribution >= 4 is 5.78 Å². The summed E-state index contributed by atoms with van der Waals surface area (Å²) in [5.41, 5.74) is 2.99. The van der Waals surface area contributed by atoms with Gasteiger partial charge in [0.05, 0.1) is 12.0 Å². The van der Waals surface area contributed by atoms with Crippen molar-refractivity contribution in [2.45, 2.75) is 38.8 Å². The predicted octanol–water partition coefficient (Wildman–Crippen LogP) is 2.39. The summed E-state index contributed by atoms with van der Waals surface area (Å²) in [4.78, 5) is 11.9. The molecule has 2 aliphatic rings. The molecule has 3 rings (SSSR count). The summed E-state index contributed by atoms with van der Waals surface area (Å²) >= 11 is 0. The average molecular weight is 243 g/mol. The highest BCUT2D eigenvalue weighted by Crippen LogP contribution is 2.46. The second-order valence-corrected chi connectivity index (χ2v) is 5.13. The van der Waals surface area contributed by atoms with E-state index in [0.29, 0.717) is 0 Å². The Kier molecular flexibility index (Phi) is 2.44. The zero-order valence-corrected chi connectivity index (χ0v) is 10.9. The molecule has 94 valence electrons. The first kappa shape index (κ1) is 11.3. The molecule has 0 saturated heterocycles. The van der Waals surface area contributed by atoms with Crippen LogP contribution in [0.15, 0.2) is 35.5 Å². The molecule has 0 unspecified atom stereocenters. The molecular weight excluding hydrogens is 226 g/mol. The molecule has 2 heterocycles. The van der Waals surface area contributed by atoms with Gasteiger partial charge in [0.1, 0.15) is 11.9 Å². The number of ether oxygens (including phenoxy) is 1. The summed E-state index contributed by atoms with van der Waals surface area (Å²) in [6.07, 6.45) is 0.0185. The molecule has 0 radical (unpaired) electrons. The minimum absolute atomic E-state index is 0.0185. The van der Waals surface area contributed by atoms with E-state index in [9.17, 15) is 4.79 Å². The van der Waals surface area contributed by atoms with Crippen LogP contribution in [0.2, 0.25) is 0 Å². The molecule has 3 heteroatoms. The van der Waals surface area contributed by atoms with Crippen LogP contribution in [-0.2, 0) is 4.79 Å². The van der Waals surface area contributed by atoms with Crippen LogP contribution < -0.4 is 10.1 Å². The third kappa shape index (κ3) is 1.47. The van der Waals surface area contributed by atoms with E-state index in [-0.39, 0.29) is 23.8 Å². The highest BCUT2D eigenvalue weighted by atomic mass is 16.5. The normalized spacial score (nSPS) is 29.2. The first-order valence-electron chi connectivity index (χ1n) is 6.33. The molecule has 18 heavy (non-hydrogen) atoms. The van der Waals surface area contributed by atoms with Crippen molar-refractivity contribution in [2.24, 2.45) is 0 Å². The third-order valence-corrected chi connectivity index (χ3v) is 3.88. The van der Waals surface area contributed by atoms with E-state index in [1.54, 1.807) is 6.92 Å². The van der Waals surface area contributed by atoms with E-state index < -0.39 is 0 Å². The Morgan fingerprint density at radius 2 is 2.06 bits per heavy atom. The van der Waals surface area contributed by atoms with Crippen molar-refractivity contribution in [3.05, 3.63) is 41.1 Å². The molecule has 3 nitrogen and oxygen atoms in total. The maximum absolute atomic E-state index is 11.9. The molecule has 1 aromatic carbocycles. The predicted molar refractivity (Wildman–Crippen MR) is 69.6 cm³/mol. The number of allylic oxidation sites excluding steroid dienone is 1. The quantitative estimate of drug-likeness (QED) is 0.823. The fraction of sp³-hybridized carbons (Fsp3) is 0.400. The van der Waals surface area contributed by atoms with Crippen molar-refractivity contribution < 1.29 is 9.53 Å². The molecule has 0 aliphatic carbocycles. The molecule has 2 aliphatic heterocycles. The number of Topliss-reactive ketones (excluding diaryl/α,β-unsaturated/α-hetero) is 1. The van der Waals surface area contributed by atoms with Crippen LogP contribution in [0.25, 0.3) is 0 Å². The van der Waals surface area contributed by atoms with Gasteiger partial charge in [-0.3, -0.25) is 4.79 Å². The summed E-state index contributed by atoms with van der Waals surface area (Å²) in [7, 11) is 0. The van der Waals surface area contributed by atoms with Crippen LogP contribution in [0.3, 0.4) is 0 Å². The van der Waals surface area contributed by atoms with Crippen LogP contribution in [0.4, 0.5) is 0 Å². The minimum atomic E-state index is 0.0185. The Morgan fingerprint density at radius 3 is 2.78 bits per heavy atom. The molecule has 3 atom stereocenters. The molecule has 0 amide bonds. The highest BCUT2D eigenvalue weighted by molar-refractivity contribution is 5.96. The van der Waals surface area contributed by atoms with E-state index in [1.165, 1.54) is 0 Å². The van der Waals surface area contributed by atoms with Crippen molar-refractivity contribution in [1.29, 1.82) is 0 Å². The lowest BCUT2D eigenvalue weighted by Gasteiger charge is -2.34. The van der Waals surface area contributed by atoms with E-state index in [1.807, 2.05) is 25.1 Å². The standard InChI is InChI=1S/C15H17NO2/c1-8-13(10(3)17)14-11-6-4-5-7-12(11)18-15(14)9(2)16-8/h4-7,9,14-16H,1-3H3/t9-,14-,15-/m1/s1. The van der Waals surface area contributed by atoms with Gasteiger partial charge in [-0.15, -0.1) is 0 Å².